The first kappa shape index (κ1) is 7.66. The molecule has 0 aromatic heterocycles. The Bertz CT molecular complexity index is 265. The molecule has 12 heavy (non-hydrogen) atoms. The maximum atomic E-state index is 3.88. The van der Waals surface area contributed by atoms with E-state index >= 15 is 0 Å². The van der Waals surface area contributed by atoms with Crippen molar-refractivity contribution >= 4 is 5.69 Å². The fourth-order valence-electron chi connectivity index (χ4n) is 1.83. The van der Waals surface area contributed by atoms with E-state index in [-0.39, 0.29) is 0 Å². The highest BCUT2D eigenvalue weighted by atomic mass is 15.1. The third-order valence-electron chi connectivity index (χ3n) is 2.41. The molecule has 0 spiro atoms. The second-order valence-electron chi connectivity index (χ2n) is 3.22. The molecule has 1 nitrogen and oxygen atoms in total. The summed E-state index contributed by atoms with van der Waals surface area (Å²) in [5.41, 5.74) is 2.91. The Morgan fingerprint density at radius 3 is 3.00 bits per heavy atom. The van der Waals surface area contributed by atoms with Crippen LogP contribution in [0, 0.1) is 6.92 Å². The summed E-state index contributed by atoms with van der Waals surface area (Å²) in [6.07, 6.45) is 2.20. The molecule has 0 bridgehead atoms. The predicted octanol–water partition coefficient (Wildman–Crippen LogP) is 2.27. The third-order valence-corrected chi connectivity index (χ3v) is 2.41. The Morgan fingerprint density at radius 1 is 1.33 bits per heavy atom. The van der Waals surface area contributed by atoms with Crippen molar-refractivity contribution in [2.45, 2.75) is 12.8 Å². The average molecular weight is 160 g/mol. The van der Waals surface area contributed by atoms with E-state index < -0.39 is 0 Å². The van der Waals surface area contributed by atoms with Crippen molar-refractivity contribution in [3.63, 3.8) is 0 Å². The quantitative estimate of drug-likeness (QED) is 0.641. The SMILES string of the molecule is [CH2]CCN1CCc2ccccc21. The lowest BCUT2D eigenvalue weighted by Crippen LogP contribution is -2.20. The molecule has 0 atom stereocenters. The van der Waals surface area contributed by atoms with Gasteiger partial charge in [-0.1, -0.05) is 25.1 Å². The minimum atomic E-state index is 0.994. The lowest BCUT2D eigenvalue weighted by atomic mass is 10.2. The fourth-order valence-corrected chi connectivity index (χ4v) is 1.83. The van der Waals surface area contributed by atoms with Crippen molar-refractivity contribution in [1.82, 2.24) is 0 Å². The standard InChI is InChI=1S/C11H14N/c1-2-8-12-9-7-10-5-3-4-6-11(10)12/h3-6H,1-2,7-9H2. The first-order valence-corrected chi connectivity index (χ1v) is 4.54. The maximum Gasteiger partial charge on any atom is 0.0399 e. The molecule has 0 unspecified atom stereocenters. The van der Waals surface area contributed by atoms with E-state index in [0.29, 0.717) is 0 Å². The summed E-state index contributed by atoms with van der Waals surface area (Å²) < 4.78 is 0. The summed E-state index contributed by atoms with van der Waals surface area (Å²) in [5, 5.41) is 0. The average Bonchev–Trinajstić information content (AvgIpc) is 2.50. The van der Waals surface area contributed by atoms with E-state index in [1.807, 2.05) is 0 Å². The molecule has 1 aromatic rings. The van der Waals surface area contributed by atoms with Gasteiger partial charge in [0.2, 0.25) is 0 Å². The second kappa shape index (κ2) is 3.18. The first-order chi connectivity index (χ1) is 5.92. The molecule has 1 aliphatic rings. The number of benzene rings is 1. The van der Waals surface area contributed by atoms with Gasteiger partial charge in [-0.2, -0.15) is 0 Å². The van der Waals surface area contributed by atoms with Gasteiger partial charge in [0, 0.05) is 18.8 Å². The number of rotatable bonds is 2. The number of fused-ring (bicyclic) bond motifs is 1. The van der Waals surface area contributed by atoms with Gasteiger partial charge in [-0.15, -0.1) is 0 Å². The molecule has 0 fully saturated rings. The number of para-hydroxylation sites is 1. The predicted molar refractivity (Wildman–Crippen MR) is 52.3 cm³/mol. The largest absolute Gasteiger partial charge is 0.371 e. The number of anilines is 1. The molecular weight excluding hydrogens is 146 g/mol. The van der Waals surface area contributed by atoms with Crippen LogP contribution in [0.4, 0.5) is 5.69 Å². The van der Waals surface area contributed by atoms with Gasteiger partial charge in [0.15, 0.2) is 0 Å². The zero-order valence-corrected chi connectivity index (χ0v) is 7.29. The molecule has 0 saturated heterocycles. The highest BCUT2D eigenvalue weighted by Crippen LogP contribution is 2.26. The van der Waals surface area contributed by atoms with Crippen molar-refractivity contribution in [2.24, 2.45) is 0 Å². The molecule has 0 amide bonds. The molecule has 1 radical (unpaired) electrons. The smallest absolute Gasteiger partial charge is 0.0399 e. The van der Waals surface area contributed by atoms with Crippen molar-refractivity contribution in [3.05, 3.63) is 36.8 Å². The Morgan fingerprint density at radius 2 is 2.17 bits per heavy atom. The minimum Gasteiger partial charge on any atom is -0.371 e. The normalized spacial score (nSPS) is 14.9. The fraction of sp³-hybridized carbons (Fsp3) is 0.364. The molecule has 0 saturated carbocycles. The van der Waals surface area contributed by atoms with E-state index in [0.717, 1.165) is 13.0 Å². The van der Waals surface area contributed by atoms with Crippen LogP contribution in [0.25, 0.3) is 0 Å². The van der Waals surface area contributed by atoms with Gasteiger partial charge in [-0.05, 0) is 24.5 Å². The summed E-state index contributed by atoms with van der Waals surface area (Å²) in [4.78, 5) is 2.42. The van der Waals surface area contributed by atoms with Crippen molar-refractivity contribution in [1.29, 1.82) is 0 Å². The van der Waals surface area contributed by atoms with Crippen LogP contribution in [-0.4, -0.2) is 13.1 Å². The monoisotopic (exact) mass is 160 g/mol. The molecule has 2 rings (SSSR count). The zero-order valence-electron chi connectivity index (χ0n) is 7.29. The van der Waals surface area contributed by atoms with E-state index in [4.69, 9.17) is 0 Å². The Labute approximate surface area is 74.0 Å². The van der Waals surface area contributed by atoms with Crippen LogP contribution in [0.2, 0.25) is 0 Å². The molecule has 1 heteroatoms. The summed E-state index contributed by atoms with van der Waals surface area (Å²) in [6.45, 7) is 6.15. The molecule has 1 heterocycles. The van der Waals surface area contributed by atoms with Crippen molar-refractivity contribution in [3.8, 4) is 0 Å². The van der Waals surface area contributed by atoms with E-state index in [9.17, 15) is 0 Å². The molecule has 0 N–H and O–H groups in total. The molecular formula is C11H14N. The van der Waals surface area contributed by atoms with Crippen LogP contribution in [-0.2, 0) is 6.42 Å². The van der Waals surface area contributed by atoms with Gasteiger partial charge in [-0.3, -0.25) is 0 Å². The second-order valence-corrected chi connectivity index (χ2v) is 3.22. The van der Waals surface area contributed by atoms with Crippen LogP contribution >= 0.6 is 0 Å². The zero-order chi connectivity index (χ0) is 8.39. The summed E-state index contributed by atoms with van der Waals surface area (Å²) >= 11 is 0. The van der Waals surface area contributed by atoms with Gasteiger partial charge < -0.3 is 4.90 Å². The molecule has 63 valence electrons. The molecule has 1 aliphatic heterocycles. The molecule has 0 aliphatic carbocycles. The maximum absolute atomic E-state index is 3.88. The topological polar surface area (TPSA) is 3.24 Å². The third kappa shape index (κ3) is 1.20. The molecule has 1 aromatic carbocycles. The summed E-state index contributed by atoms with van der Waals surface area (Å²) in [7, 11) is 0. The van der Waals surface area contributed by atoms with E-state index in [1.54, 1.807) is 0 Å². The summed E-state index contributed by atoms with van der Waals surface area (Å²) in [6, 6.07) is 8.66. The van der Waals surface area contributed by atoms with Gasteiger partial charge >= 0.3 is 0 Å². The van der Waals surface area contributed by atoms with Crippen LogP contribution in [0.5, 0.6) is 0 Å². The lowest BCUT2D eigenvalue weighted by molar-refractivity contribution is 0.825. The highest BCUT2D eigenvalue weighted by molar-refractivity contribution is 5.57. The number of nitrogens with zero attached hydrogens (tertiary/aromatic N) is 1. The minimum absolute atomic E-state index is 0.994. The number of hydrogen-bond acceptors (Lipinski definition) is 1. The van der Waals surface area contributed by atoms with Crippen LogP contribution in [0.15, 0.2) is 24.3 Å². The van der Waals surface area contributed by atoms with Crippen LogP contribution in [0.3, 0.4) is 0 Å². The van der Waals surface area contributed by atoms with Crippen LogP contribution < -0.4 is 4.90 Å². The highest BCUT2D eigenvalue weighted by Gasteiger charge is 2.16. The van der Waals surface area contributed by atoms with Crippen LogP contribution in [0.1, 0.15) is 12.0 Å². The van der Waals surface area contributed by atoms with E-state index in [1.165, 1.54) is 24.2 Å². The van der Waals surface area contributed by atoms with E-state index in [2.05, 4.69) is 36.1 Å². The van der Waals surface area contributed by atoms with Crippen molar-refractivity contribution < 1.29 is 0 Å². The summed E-state index contributed by atoms with van der Waals surface area (Å²) in [5.74, 6) is 0. The first-order valence-electron chi connectivity index (χ1n) is 4.54. The van der Waals surface area contributed by atoms with Gasteiger partial charge in [0.1, 0.15) is 0 Å². The Hall–Kier alpha value is -0.980. The van der Waals surface area contributed by atoms with Crippen molar-refractivity contribution in [2.75, 3.05) is 18.0 Å². The van der Waals surface area contributed by atoms with Gasteiger partial charge in [0.05, 0.1) is 0 Å². The lowest BCUT2D eigenvalue weighted by Gasteiger charge is -2.17. The van der Waals surface area contributed by atoms with Gasteiger partial charge in [-0.25, -0.2) is 0 Å². The van der Waals surface area contributed by atoms with Gasteiger partial charge in [0.25, 0.3) is 0 Å². The Balaban J connectivity index is 2.24. The Kier molecular flexibility index (Phi) is 2.03. The number of hydrogen-bond donors (Lipinski definition) is 0.